The Morgan fingerprint density at radius 1 is 1.24 bits per heavy atom. The van der Waals surface area contributed by atoms with E-state index in [1.165, 1.54) is 23.5 Å². The van der Waals surface area contributed by atoms with Crippen LogP contribution in [0.2, 0.25) is 0 Å². The van der Waals surface area contributed by atoms with Gasteiger partial charge in [-0.2, -0.15) is 15.6 Å². The van der Waals surface area contributed by atoms with E-state index < -0.39 is 16.3 Å². The van der Waals surface area contributed by atoms with Gasteiger partial charge in [0.25, 0.3) is 5.91 Å². The summed E-state index contributed by atoms with van der Waals surface area (Å²) >= 11 is 1.58. The Labute approximate surface area is 203 Å². The van der Waals surface area contributed by atoms with E-state index in [4.69, 9.17) is 14.2 Å². The van der Waals surface area contributed by atoms with Crippen molar-refractivity contribution in [2.24, 2.45) is 0 Å². The van der Waals surface area contributed by atoms with E-state index in [1.54, 1.807) is 28.4 Å². The van der Waals surface area contributed by atoms with Crippen LogP contribution < -0.4 is 4.74 Å². The molecule has 9 nitrogen and oxygen atoms in total. The van der Waals surface area contributed by atoms with Crippen molar-refractivity contribution in [2.45, 2.75) is 23.5 Å². The van der Waals surface area contributed by atoms with Gasteiger partial charge in [0, 0.05) is 38.5 Å². The highest BCUT2D eigenvalue weighted by Gasteiger charge is 2.34. The first kappa shape index (κ1) is 24.7. The third-order valence-electron chi connectivity index (χ3n) is 5.66. The van der Waals surface area contributed by atoms with Crippen molar-refractivity contribution >= 4 is 27.3 Å². The molecule has 0 bridgehead atoms. The third kappa shape index (κ3) is 5.78. The van der Waals surface area contributed by atoms with Crippen molar-refractivity contribution < 1.29 is 32.5 Å². The van der Waals surface area contributed by atoms with Crippen LogP contribution in [-0.2, 0) is 24.3 Å². The molecular formula is C23H28N2O7S2. The first-order chi connectivity index (χ1) is 16.4. The van der Waals surface area contributed by atoms with E-state index in [-0.39, 0.29) is 48.8 Å². The minimum atomic E-state index is -3.84. The topological polar surface area (TPSA) is 105 Å². The molecule has 1 saturated heterocycles. The van der Waals surface area contributed by atoms with Gasteiger partial charge in [-0.1, -0.05) is 0 Å². The Morgan fingerprint density at radius 2 is 2.00 bits per heavy atom. The molecule has 1 fully saturated rings. The molecule has 2 atom stereocenters. The highest BCUT2D eigenvalue weighted by atomic mass is 32.2. The maximum absolute atomic E-state index is 13.1. The zero-order valence-electron chi connectivity index (χ0n) is 18.8. The number of amides is 1. The molecule has 0 unspecified atom stereocenters. The van der Waals surface area contributed by atoms with Crippen molar-refractivity contribution in [1.29, 1.82) is 0 Å². The second-order valence-electron chi connectivity index (χ2n) is 7.94. The van der Waals surface area contributed by atoms with Gasteiger partial charge in [0.1, 0.15) is 5.75 Å². The number of benzene rings is 1. The predicted molar refractivity (Wildman–Crippen MR) is 126 cm³/mol. The fourth-order valence-electron chi connectivity index (χ4n) is 3.68. The average Bonchev–Trinajstić information content (AvgIpc) is 3.56. The van der Waals surface area contributed by atoms with Crippen LogP contribution in [0, 0.1) is 0 Å². The number of aliphatic hydroxyl groups excluding tert-OH is 1. The van der Waals surface area contributed by atoms with Gasteiger partial charge in [-0.25, -0.2) is 8.42 Å². The minimum absolute atomic E-state index is 0.0248. The Bertz CT molecular complexity index is 1100. The number of hydrogen-bond donors (Lipinski definition) is 1. The molecule has 0 radical (unpaired) electrons. The summed E-state index contributed by atoms with van der Waals surface area (Å²) in [6.45, 7) is 1.10. The van der Waals surface area contributed by atoms with Crippen LogP contribution >= 0.6 is 11.3 Å². The highest BCUT2D eigenvalue weighted by Crippen LogP contribution is 2.33. The second-order valence-corrected chi connectivity index (χ2v) is 10.7. The van der Waals surface area contributed by atoms with Crippen LogP contribution in [0.15, 0.2) is 57.8 Å². The van der Waals surface area contributed by atoms with Gasteiger partial charge in [-0.3, -0.25) is 4.79 Å². The average molecular weight is 509 g/mol. The van der Waals surface area contributed by atoms with Crippen LogP contribution in [0.25, 0.3) is 0 Å². The Kier molecular flexibility index (Phi) is 7.89. The van der Waals surface area contributed by atoms with E-state index in [0.29, 0.717) is 25.3 Å². The number of ether oxygens (including phenoxy) is 3. The lowest BCUT2D eigenvalue weighted by atomic mass is 9.95. The van der Waals surface area contributed by atoms with Crippen LogP contribution in [0.5, 0.6) is 5.75 Å². The smallest absolute Gasteiger partial charge is 0.288 e. The highest BCUT2D eigenvalue weighted by molar-refractivity contribution is 7.89. The van der Waals surface area contributed by atoms with Gasteiger partial charge >= 0.3 is 0 Å². The number of thiophene rings is 1. The lowest BCUT2D eigenvalue weighted by molar-refractivity contribution is -0.149. The lowest BCUT2D eigenvalue weighted by Crippen LogP contribution is -2.37. The van der Waals surface area contributed by atoms with Gasteiger partial charge in [0.05, 0.1) is 25.2 Å². The molecular weight excluding hydrogens is 480 g/mol. The van der Waals surface area contributed by atoms with E-state index in [1.807, 2.05) is 22.9 Å². The summed E-state index contributed by atoms with van der Waals surface area (Å²) in [5, 5.41) is 13.4. The zero-order valence-corrected chi connectivity index (χ0v) is 20.5. The predicted octanol–water partition coefficient (Wildman–Crippen LogP) is 2.01. The van der Waals surface area contributed by atoms with Gasteiger partial charge in [0.2, 0.25) is 16.3 Å². The first-order valence-electron chi connectivity index (χ1n) is 11.0. The maximum Gasteiger partial charge on any atom is 0.288 e. The molecule has 11 heteroatoms. The van der Waals surface area contributed by atoms with E-state index >= 15 is 0 Å². The zero-order chi connectivity index (χ0) is 24.1. The summed E-state index contributed by atoms with van der Waals surface area (Å²) in [6.07, 6.45) is 1.67. The van der Waals surface area contributed by atoms with Crippen LogP contribution in [0.3, 0.4) is 0 Å². The quantitative estimate of drug-likeness (QED) is 0.463. The Morgan fingerprint density at radius 3 is 2.62 bits per heavy atom. The van der Waals surface area contributed by atoms with Crippen molar-refractivity contribution in [2.75, 3.05) is 46.5 Å². The number of carbonyl (C=O) groups excluding carboxylic acids is 1. The summed E-state index contributed by atoms with van der Waals surface area (Å²) in [4.78, 5) is 14.4. The van der Waals surface area contributed by atoms with E-state index in [0.717, 1.165) is 5.56 Å². The van der Waals surface area contributed by atoms with Crippen LogP contribution in [-0.4, -0.2) is 81.4 Å². The normalized spacial score (nSPS) is 20.1. The van der Waals surface area contributed by atoms with Gasteiger partial charge in [-0.05, 0) is 52.7 Å². The number of allylic oxidation sites excluding steroid dienone is 1. The van der Waals surface area contributed by atoms with E-state index in [2.05, 4.69) is 0 Å². The number of hydrogen-bond acceptors (Lipinski definition) is 8. The standard InChI is InChI=1S/C23H28N2O7S2/c1-30-19-2-4-20(5-3-19)34(28,29)25(9-11-26)10-12-31-22-15-18(17-6-13-33-16-17)14-21(32-22)23(27)24-7-8-24/h2-6,13-14,16,18,22,26H,7-12,15H2,1H3/t18-,22+/m0/s1. The molecule has 4 rings (SSSR count). The van der Waals surface area contributed by atoms with Gasteiger partial charge in [0.15, 0.2) is 5.76 Å². The molecule has 1 amide bonds. The van der Waals surface area contributed by atoms with Crippen molar-refractivity contribution in [1.82, 2.24) is 9.21 Å². The number of nitrogens with zero attached hydrogens (tertiary/aromatic N) is 2. The summed E-state index contributed by atoms with van der Waals surface area (Å²) in [7, 11) is -2.33. The third-order valence-corrected chi connectivity index (χ3v) is 8.28. The Hall–Kier alpha value is -2.44. The lowest BCUT2D eigenvalue weighted by Gasteiger charge is -2.29. The fraction of sp³-hybridized carbons (Fsp3) is 0.435. The van der Waals surface area contributed by atoms with Crippen molar-refractivity contribution in [3.8, 4) is 5.75 Å². The molecule has 2 aromatic rings. The number of sulfonamides is 1. The monoisotopic (exact) mass is 508 g/mol. The maximum atomic E-state index is 13.1. The molecule has 1 aromatic heterocycles. The largest absolute Gasteiger partial charge is 0.497 e. The molecule has 2 aliphatic heterocycles. The molecule has 34 heavy (non-hydrogen) atoms. The summed E-state index contributed by atoms with van der Waals surface area (Å²) in [5.74, 6) is 0.632. The summed E-state index contributed by atoms with van der Waals surface area (Å²) in [6, 6.07) is 8.08. The number of aliphatic hydroxyl groups is 1. The number of methoxy groups -OCH3 is 1. The Balaban J connectivity index is 1.41. The fourth-order valence-corrected chi connectivity index (χ4v) is 5.82. The molecule has 0 spiro atoms. The van der Waals surface area contributed by atoms with Crippen molar-refractivity contribution in [3.63, 3.8) is 0 Å². The summed E-state index contributed by atoms with van der Waals surface area (Å²) < 4.78 is 44.1. The SMILES string of the molecule is COc1ccc(S(=O)(=O)N(CCO)CCO[C@H]2C[C@@H](c3ccsc3)C=C(C(=O)N3CC3)O2)cc1. The van der Waals surface area contributed by atoms with Gasteiger partial charge in [-0.15, -0.1) is 0 Å². The molecule has 0 saturated carbocycles. The molecule has 0 aliphatic carbocycles. The molecule has 1 N–H and O–H groups in total. The van der Waals surface area contributed by atoms with Gasteiger partial charge < -0.3 is 24.2 Å². The van der Waals surface area contributed by atoms with Crippen LogP contribution in [0.4, 0.5) is 0 Å². The number of rotatable bonds is 11. The van der Waals surface area contributed by atoms with E-state index in [9.17, 15) is 18.3 Å². The van der Waals surface area contributed by atoms with Crippen LogP contribution in [0.1, 0.15) is 17.9 Å². The molecule has 1 aromatic carbocycles. The second kappa shape index (κ2) is 10.9. The first-order valence-corrected chi connectivity index (χ1v) is 13.4. The van der Waals surface area contributed by atoms with Crippen molar-refractivity contribution in [3.05, 3.63) is 58.5 Å². The minimum Gasteiger partial charge on any atom is -0.497 e. The molecule has 2 aliphatic rings. The molecule has 184 valence electrons. The molecule has 3 heterocycles. The number of carbonyl (C=O) groups is 1. The summed E-state index contributed by atoms with van der Waals surface area (Å²) in [5.41, 5.74) is 1.09.